The van der Waals surface area contributed by atoms with Gasteiger partial charge >= 0.3 is 0 Å². The molecule has 0 aromatic heterocycles. The maximum Gasteiger partial charge on any atom is 0.276 e. The van der Waals surface area contributed by atoms with E-state index in [2.05, 4.69) is 0 Å². The average Bonchev–Trinajstić information content (AvgIpc) is 2.91. The number of hydrogen-bond donors (Lipinski definition) is 0. The predicted octanol–water partition coefficient (Wildman–Crippen LogP) is 2.10. The largest absolute Gasteiger partial charge is 0.493 e. The van der Waals surface area contributed by atoms with Crippen LogP contribution in [0.3, 0.4) is 0 Å². The highest BCUT2D eigenvalue weighted by molar-refractivity contribution is 7.90. The minimum Gasteiger partial charge on any atom is -0.493 e. The Morgan fingerprint density at radius 2 is 1.61 bits per heavy atom. The molecule has 0 N–H and O–H groups in total. The lowest BCUT2D eigenvalue weighted by molar-refractivity contribution is -0.119. The number of benzene rings is 2. The van der Waals surface area contributed by atoms with Gasteiger partial charge in [0.25, 0.3) is 21.8 Å². The molecule has 0 bridgehead atoms. The molecule has 0 saturated carbocycles. The molecule has 8 nitrogen and oxygen atoms in total. The van der Waals surface area contributed by atoms with Crippen LogP contribution in [0.15, 0.2) is 47.4 Å². The maximum absolute atomic E-state index is 12.5. The van der Waals surface area contributed by atoms with Gasteiger partial charge in [0.15, 0.2) is 11.5 Å². The Balaban J connectivity index is 1.94. The molecule has 0 fully saturated rings. The quantitative estimate of drug-likeness (QED) is 0.705. The van der Waals surface area contributed by atoms with Gasteiger partial charge in [-0.2, -0.15) is 4.31 Å². The van der Waals surface area contributed by atoms with Gasteiger partial charge in [0.1, 0.15) is 4.90 Å². The summed E-state index contributed by atoms with van der Waals surface area (Å²) >= 11 is 0. The van der Waals surface area contributed by atoms with Crippen molar-refractivity contribution in [1.29, 1.82) is 0 Å². The molecule has 146 valence electrons. The SMILES string of the molecule is COc1cc(C=CC(=O)N2C(=O)c3ccccc3S2(=O)=O)cc(OC)c1OC. The Morgan fingerprint density at radius 3 is 2.14 bits per heavy atom. The number of ether oxygens (including phenoxy) is 3. The maximum atomic E-state index is 12.5. The van der Waals surface area contributed by atoms with Gasteiger partial charge in [-0.1, -0.05) is 12.1 Å². The molecule has 2 amide bonds. The van der Waals surface area contributed by atoms with E-state index in [9.17, 15) is 18.0 Å². The molecule has 2 aromatic carbocycles. The summed E-state index contributed by atoms with van der Waals surface area (Å²) < 4.78 is 41.0. The van der Waals surface area contributed by atoms with Crippen LogP contribution in [0.2, 0.25) is 0 Å². The summed E-state index contributed by atoms with van der Waals surface area (Å²) in [4.78, 5) is 24.7. The second-order valence-electron chi connectivity index (χ2n) is 5.70. The third-order valence-electron chi connectivity index (χ3n) is 4.13. The fraction of sp³-hybridized carbons (Fsp3) is 0.158. The highest BCUT2D eigenvalue weighted by Crippen LogP contribution is 2.38. The van der Waals surface area contributed by atoms with Crippen LogP contribution in [-0.4, -0.2) is 45.9 Å². The molecule has 9 heteroatoms. The Kier molecular flexibility index (Phi) is 5.10. The third-order valence-corrected chi connectivity index (χ3v) is 5.86. The number of carbonyl (C=O) groups is 2. The molecule has 28 heavy (non-hydrogen) atoms. The van der Waals surface area contributed by atoms with E-state index in [1.807, 2.05) is 0 Å². The van der Waals surface area contributed by atoms with Gasteiger partial charge in [-0.25, -0.2) is 8.42 Å². The Morgan fingerprint density at radius 1 is 1.00 bits per heavy atom. The number of imide groups is 1. The monoisotopic (exact) mass is 403 g/mol. The van der Waals surface area contributed by atoms with E-state index in [4.69, 9.17) is 14.2 Å². The minimum atomic E-state index is -4.22. The van der Waals surface area contributed by atoms with Gasteiger partial charge < -0.3 is 14.2 Å². The Bertz CT molecular complexity index is 1060. The summed E-state index contributed by atoms with van der Waals surface area (Å²) in [5.74, 6) is -0.747. The standard InChI is InChI=1S/C19H17NO7S/c1-25-14-10-12(11-15(26-2)18(14)27-3)8-9-17(21)20-19(22)13-6-4-5-7-16(13)28(20,23)24/h4-11H,1-3H3. The van der Waals surface area contributed by atoms with E-state index >= 15 is 0 Å². The molecule has 0 aliphatic carbocycles. The van der Waals surface area contributed by atoms with Crippen molar-refractivity contribution in [2.75, 3.05) is 21.3 Å². The summed E-state index contributed by atoms with van der Waals surface area (Å²) in [5.41, 5.74) is 0.460. The molecule has 0 saturated heterocycles. The molecule has 3 rings (SSSR count). The van der Waals surface area contributed by atoms with Crippen LogP contribution in [-0.2, 0) is 14.8 Å². The zero-order chi connectivity index (χ0) is 20.5. The van der Waals surface area contributed by atoms with Crippen molar-refractivity contribution in [3.63, 3.8) is 0 Å². The first-order valence-electron chi connectivity index (χ1n) is 8.06. The predicted molar refractivity (Wildman–Crippen MR) is 99.9 cm³/mol. The Hall–Kier alpha value is -3.33. The zero-order valence-corrected chi connectivity index (χ0v) is 16.1. The molecule has 2 aromatic rings. The second-order valence-corrected chi connectivity index (χ2v) is 7.46. The van der Waals surface area contributed by atoms with Crippen molar-refractivity contribution >= 4 is 27.9 Å². The Labute approximate surface area is 162 Å². The van der Waals surface area contributed by atoms with Crippen LogP contribution in [0.5, 0.6) is 17.2 Å². The molecule has 0 radical (unpaired) electrons. The third kappa shape index (κ3) is 3.09. The van der Waals surface area contributed by atoms with Crippen LogP contribution >= 0.6 is 0 Å². The van der Waals surface area contributed by atoms with Crippen molar-refractivity contribution in [3.05, 3.63) is 53.6 Å². The summed E-state index contributed by atoms with van der Waals surface area (Å²) in [6.45, 7) is 0. The van der Waals surface area contributed by atoms with Crippen molar-refractivity contribution in [2.24, 2.45) is 0 Å². The van der Waals surface area contributed by atoms with Crippen LogP contribution in [0.4, 0.5) is 0 Å². The number of fused-ring (bicyclic) bond motifs is 1. The summed E-state index contributed by atoms with van der Waals surface area (Å²) in [5, 5.41) is 0. The fourth-order valence-corrected chi connectivity index (χ4v) is 4.33. The van der Waals surface area contributed by atoms with Crippen molar-refractivity contribution in [1.82, 2.24) is 4.31 Å². The van der Waals surface area contributed by atoms with E-state index < -0.39 is 21.8 Å². The lowest BCUT2D eigenvalue weighted by Gasteiger charge is -2.13. The van der Waals surface area contributed by atoms with Gasteiger partial charge in [0.2, 0.25) is 5.75 Å². The summed E-state index contributed by atoms with van der Waals surface area (Å²) in [6.07, 6.45) is 2.36. The molecule has 0 unspecified atom stereocenters. The van der Waals surface area contributed by atoms with Crippen molar-refractivity contribution in [3.8, 4) is 17.2 Å². The van der Waals surface area contributed by atoms with Crippen LogP contribution in [0.1, 0.15) is 15.9 Å². The van der Waals surface area contributed by atoms with Gasteiger partial charge in [-0.3, -0.25) is 9.59 Å². The van der Waals surface area contributed by atoms with Gasteiger partial charge in [-0.05, 0) is 35.9 Å². The molecule has 0 spiro atoms. The number of hydrogen-bond acceptors (Lipinski definition) is 7. The van der Waals surface area contributed by atoms with Gasteiger partial charge in [0, 0.05) is 6.08 Å². The first-order valence-corrected chi connectivity index (χ1v) is 9.50. The normalized spacial score (nSPS) is 14.8. The highest BCUT2D eigenvalue weighted by atomic mass is 32.2. The molecular formula is C19H17NO7S. The lowest BCUT2D eigenvalue weighted by Crippen LogP contribution is -2.34. The van der Waals surface area contributed by atoms with Gasteiger partial charge in [0.05, 0.1) is 26.9 Å². The van der Waals surface area contributed by atoms with E-state index in [0.29, 0.717) is 22.8 Å². The van der Waals surface area contributed by atoms with E-state index in [1.165, 1.54) is 51.7 Å². The van der Waals surface area contributed by atoms with E-state index in [1.54, 1.807) is 12.1 Å². The topological polar surface area (TPSA) is 99.2 Å². The first kappa shape index (κ1) is 19.4. The van der Waals surface area contributed by atoms with Crippen LogP contribution in [0, 0.1) is 0 Å². The van der Waals surface area contributed by atoms with Crippen LogP contribution < -0.4 is 14.2 Å². The number of carbonyl (C=O) groups excluding carboxylic acids is 2. The highest BCUT2D eigenvalue weighted by Gasteiger charge is 2.44. The summed E-state index contributed by atoms with van der Waals surface area (Å²) in [6, 6.07) is 8.85. The second kappa shape index (κ2) is 7.35. The lowest BCUT2D eigenvalue weighted by atomic mass is 10.1. The molecule has 0 atom stereocenters. The number of sulfonamides is 1. The molecule has 1 heterocycles. The smallest absolute Gasteiger partial charge is 0.276 e. The average molecular weight is 403 g/mol. The van der Waals surface area contributed by atoms with E-state index in [0.717, 1.165) is 6.08 Å². The molecular weight excluding hydrogens is 386 g/mol. The number of amides is 2. The molecule has 1 aliphatic rings. The minimum absolute atomic E-state index is 0.0305. The van der Waals surface area contributed by atoms with E-state index in [-0.39, 0.29) is 14.8 Å². The number of nitrogens with zero attached hydrogens (tertiary/aromatic N) is 1. The first-order chi connectivity index (χ1) is 13.3. The summed E-state index contributed by atoms with van der Waals surface area (Å²) in [7, 11) is 0.131. The fourth-order valence-electron chi connectivity index (χ4n) is 2.84. The number of methoxy groups -OCH3 is 3. The molecule has 1 aliphatic heterocycles. The van der Waals surface area contributed by atoms with Gasteiger partial charge in [-0.15, -0.1) is 0 Å². The van der Waals surface area contributed by atoms with Crippen LogP contribution in [0.25, 0.3) is 6.08 Å². The zero-order valence-electron chi connectivity index (χ0n) is 15.3. The van der Waals surface area contributed by atoms with Crippen molar-refractivity contribution in [2.45, 2.75) is 4.90 Å². The van der Waals surface area contributed by atoms with Crippen molar-refractivity contribution < 1.29 is 32.2 Å². The number of rotatable bonds is 5.